The molecule has 0 aliphatic carbocycles. The van der Waals surface area contributed by atoms with Gasteiger partial charge in [0, 0.05) is 17.7 Å². The second-order valence-electron chi connectivity index (χ2n) is 5.69. The molecule has 0 saturated carbocycles. The molecule has 2 aromatic heterocycles. The van der Waals surface area contributed by atoms with Crippen LogP contribution in [0.2, 0.25) is 0 Å². The zero-order valence-corrected chi connectivity index (χ0v) is 16.0. The summed E-state index contributed by atoms with van der Waals surface area (Å²) in [5, 5.41) is 5.11. The molecule has 0 aliphatic heterocycles. The second-order valence-corrected chi connectivity index (χ2v) is 10.1. The summed E-state index contributed by atoms with van der Waals surface area (Å²) >= 11 is 3.57. The lowest BCUT2D eigenvalue weighted by molar-refractivity contribution is 0.908. The van der Waals surface area contributed by atoms with E-state index in [0.29, 0.717) is 0 Å². The SMILES string of the molecule is [76Br]CCCC[P+](c1ccccc1)(c1cccnc1)c1cccnc1. The van der Waals surface area contributed by atoms with Gasteiger partial charge in [-0.05, 0) is 49.2 Å². The van der Waals surface area contributed by atoms with Crippen LogP contribution in [0.5, 0.6) is 0 Å². The lowest BCUT2D eigenvalue weighted by Gasteiger charge is -2.27. The minimum absolute atomic E-state index is 1.04. The van der Waals surface area contributed by atoms with Gasteiger partial charge in [0.1, 0.15) is 23.2 Å². The Balaban J connectivity index is 2.20. The van der Waals surface area contributed by atoms with Gasteiger partial charge in [0.05, 0.1) is 18.6 Å². The Hall–Kier alpha value is -1.57. The van der Waals surface area contributed by atoms with Gasteiger partial charge >= 0.3 is 0 Å². The summed E-state index contributed by atoms with van der Waals surface area (Å²) in [5.74, 6) is 0. The molecule has 0 unspecified atom stereocenters. The van der Waals surface area contributed by atoms with Crippen LogP contribution in [0.15, 0.2) is 79.4 Å². The van der Waals surface area contributed by atoms with Gasteiger partial charge in [-0.1, -0.05) is 34.1 Å². The minimum Gasteiger partial charge on any atom is -0.261 e. The molecule has 0 spiro atoms. The summed E-state index contributed by atoms with van der Waals surface area (Å²) in [6, 6.07) is 19.5. The van der Waals surface area contributed by atoms with Gasteiger partial charge in [-0.3, -0.25) is 9.97 Å². The fraction of sp³-hybridized carbons (Fsp3) is 0.200. The quantitative estimate of drug-likeness (QED) is 0.344. The highest BCUT2D eigenvalue weighted by Crippen LogP contribution is 2.55. The fourth-order valence-corrected chi connectivity index (χ4v) is 7.77. The van der Waals surface area contributed by atoms with Crippen LogP contribution in [0, 0.1) is 0 Å². The van der Waals surface area contributed by atoms with E-state index >= 15 is 0 Å². The van der Waals surface area contributed by atoms with Crippen LogP contribution < -0.4 is 15.9 Å². The molecular weight excluding hydrogens is 375 g/mol. The van der Waals surface area contributed by atoms with E-state index in [0.717, 1.165) is 11.5 Å². The van der Waals surface area contributed by atoms with Crippen molar-refractivity contribution in [1.82, 2.24) is 9.97 Å². The van der Waals surface area contributed by atoms with Crippen molar-refractivity contribution in [3.8, 4) is 0 Å². The largest absolute Gasteiger partial charge is 0.261 e. The first-order valence-electron chi connectivity index (χ1n) is 8.19. The first kappa shape index (κ1) is 17.3. The Bertz CT molecular complexity index is 639. The third-order valence-electron chi connectivity index (χ3n) is 4.25. The summed E-state index contributed by atoms with van der Waals surface area (Å²) in [5.41, 5.74) is 0. The van der Waals surface area contributed by atoms with Crippen LogP contribution in [0.3, 0.4) is 0 Å². The lowest BCUT2D eigenvalue weighted by Crippen LogP contribution is -2.33. The number of halogens is 1. The summed E-state index contributed by atoms with van der Waals surface area (Å²) in [4.78, 5) is 8.86. The third-order valence-corrected chi connectivity index (χ3v) is 9.27. The number of pyridine rings is 2. The lowest BCUT2D eigenvalue weighted by atomic mass is 10.4. The topological polar surface area (TPSA) is 25.8 Å². The number of rotatable bonds is 7. The standard InChI is InChI=1S/C20H21BrN2P/c21-12-4-5-15-24(18-8-2-1-3-9-18,19-10-6-13-22-16-19)20-11-7-14-23-17-20/h1-3,6-11,13-14,16-17H,4-5,12,15H2/q+1/i21-4. The molecule has 2 nitrogen and oxygen atoms in total. The molecule has 4 heteroatoms. The van der Waals surface area contributed by atoms with Crippen molar-refractivity contribution < 1.29 is 0 Å². The van der Waals surface area contributed by atoms with Crippen molar-refractivity contribution >= 4 is 39.1 Å². The number of nitrogens with zero attached hydrogens (tertiary/aromatic N) is 2. The molecule has 0 bridgehead atoms. The molecule has 3 aromatic rings. The Morgan fingerprint density at radius 3 is 1.79 bits per heavy atom. The van der Waals surface area contributed by atoms with Crippen LogP contribution in [0.1, 0.15) is 12.8 Å². The second kappa shape index (κ2) is 8.50. The Morgan fingerprint density at radius 1 is 0.708 bits per heavy atom. The van der Waals surface area contributed by atoms with E-state index in [1.54, 1.807) is 0 Å². The van der Waals surface area contributed by atoms with E-state index in [4.69, 9.17) is 0 Å². The monoisotopic (exact) mass is 396 g/mol. The Labute approximate surface area is 152 Å². The molecular formula is C20H21BrN2P+. The first-order valence-corrected chi connectivity index (χ1v) is 11.3. The molecule has 24 heavy (non-hydrogen) atoms. The maximum absolute atomic E-state index is 4.43. The summed E-state index contributed by atoms with van der Waals surface area (Å²) in [6.45, 7) is 0. The molecule has 0 fully saturated rings. The normalized spacial score (nSPS) is 11.4. The average molecular weight is 396 g/mol. The molecule has 0 atom stereocenters. The van der Waals surface area contributed by atoms with Crippen LogP contribution in [-0.4, -0.2) is 21.5 Å². The van der Waals surface area contributed by atoms with Crippen molar-refractivity contribution in [2.75, 3.05) is 11.5 Å². The van der Waals surface area contributed by atoms with Gasteiger partial charge < -0.3 is 0 Å². The number of hydrogen-bond acceptors (Lipinski definition) is 2. The van der Waals surface area contributed by atoms with Gasteiger partial charge in [0.2, 0.25) is 0 Å². The molecule has 0 aliphatic rings. The molecule has 0 saturated heterocycles. The van der Waals surface area contributed by atoms with Crippen molar-refractivity contribution in [3.05, 3.63) is 79.4 Å². The van der Waals surface area contributed by atoms with Crippen molar-refractivity contribution in [2.45, 2.75) is 12.8 Å². The fourth-order valence-electron chi connectivity index (χ4n) is 3.12. The summed E-state index contributed by atoms with van der Waals surface area (Å²) in [7, 11) is -1.73. The van der Waals surface area contributed by atoms with Crippen LogP contribution >= 0.6 is 23.2 Å². The zero-order chi connectivity index (χ0) is 16.7. The van der Waals surface area contributed by atoms with Gasteiger partial charge in [-0.2, -0.15) is 0 Å². The van der Waals surface area contributed by atoms with E-state index in [9.17, 15) is 0 Å². The molecule has 122 valence electrons. The Morgan fingerprint density at radius 2 is 1.29 bits per heavy atom. The van der Waals surface area contributed by atoms with Crippen LogP contribution in [0.4, 0.5) is 0 Å². The van der Waals surface area contributed by atoms with E-state index in [2.05, 4.69) is 68.4 Å². The van der Waals surface area contributed by atoms with Gasteiger partial charge in [0.15, 0.2) is 0 Å². The van der Waals surface area contributed by atoms with E-state index in [-0.39, 0.29) is 0 Å². The summed E-state index contributed by atoms with van der Waals surface area (Å²) in [6.07, 6.45) is 11.3. The van der Waals surface area contributed by atoms with Crippen LogP contribution in [0.25, 0.3) is 0 Å². The molecule has 3 rings (SSSR count). The highest BCUT2D eigenvalue weighted by molar-refractivity contribution is 9.09. The van der Waals surface area contributed by atoms with Crippen molar-refractivity contribution in [1.29, 1.82) is 0 Å². The van der Waals surface area contributed by atoms with E-state index in [1.165, 1.54) is 28.8 Å². The van der Waals surface area contributed by atoms with Gasteiger partial charge in [0.25, 0.3) is 0 Å². The number of aromatic nitrogens is 2. The summed E-state index contributed by atoms with van der Waals surface area (Å²) < 4.78 is 0. The van der Waals surface area contributed by atoms with Crippen molar-refractivity contribution in [3.63, 3.8) is 0 Å². The number of unbranched alkanes of at least 4 members (excludes halogenated alkanes) is 1. The molecule has 0 amide bonds. The average Bonchev–Trinajstić information content (AvgIpc) is 2.68. The first-order chi connectivity index (χ1) is 11.9. The number of benzene rings is 1. The zero-order valence-electron chi connectivity index (χ0n) is 13.6. The molecule has 1 aromatic carbocycles. The molecule has 0 N–H and O–H groups in total. The van der Waals surface area contributed by atoms with Crippen molar-refractivity contribution in [2.24, 2.45) is 0 Å². The van der Waals surface area contributed by atoms with E-state index in [1.807, 2.05) is 36.9 Å². The molecule has 0 radical (unpaired) electrons. The predicted octanol–water partition coefficient (Wildman–Crippen LogP) is 3.95. The third kappa shape index (κ3) is 3.58. The smallest absolute Gasteiger partial charge is 0.123 e. The number of hydrogen-bond donors (Lipinski definition) is 0. The van der Waals surface area contributed by atoms with Gasteiger partial charge in [-0.25, -0.2) is 0 Å². The highest BCUT2D eigenvalue weighted by atomic mass is 75.9. The minimum atomic E-state index is -1.73. The van der Waals surface area contributed by atoms with Crippen LogP contribution in [-0.2, 0) is 0 Å². The maximum atomic E-state index is 4.43. The number of alkyl halides is 1. The van der Waals surface area contributed by atoms with E-state index < -0.39 is 7.26 Å². The Kier molecular flexibility index (Phi) is 6.12. The molecule has 2 heterocycles. The maximum Gasteiger partial charge on any atom is 0.123 e. The predicted molar refractivity (Wildman–Crippen MR) is 109 cm³/mol. The van der Waals surface area contributed by atoms with Gasteiger partial charge in [-0.15, -0.1) is 0 Å². The highest BCUT2D eigenvalue weighted by Gasteiger charge is 2.45.